The second-order valence-electron chi connectivity index (χ2n) is 5.39. The molecule has 4 nitrogen and oxygen atoms in total. The van der Waals surface area contributed by atoms with E-state index in [1.807, 2.05) is 38.0 Å². The SMILES string of the molecule is C=CCc1nc(-c2ccc(F)cc2)c(-c2ccc(C)cc2)o1.C=O.CC=O.[HH]. The summed E-state index contributed by atoms with van der Waals surface area (Å²) in [5.74, 6) is 1.03. The first-order chi connectivity index (χ1) is 13.1. The van der Waals surface area contributed by atoms with Crippen molar-refractivity contribution < 1.29 is 19.8 Å². The van der Waals surface area contributed by atoms with Crippen molar-refractivity contribution in [3.63, 3.8) is 0 Å². The molecule has 0 aliphatic heterocycles. The maximum absolute atomic E-state index is 13.1. The first kappa shape index (κ1) is 21.7. The number of rotatable bonds is 4. The van der Waals surface area contributed by atoms with Crippen LogP contribution < -0.4 is 0 Å². The molecule has 0 aliphatic carbocycles. The number of allylic oxidation sites excluding steroid dienone is 1. The van der Waals surface area contributed by atoms with Crippen molar-refractivity contribution in [1.82, 2.24) is 4.98 Å². The molecule has 0 N–H and O–H groups in total. The van der Waals surface area contributed by atoms with Crippen molar-refractivity contribution in [3.8, 4) is 22.6 Å². The summed E-state index contributed by atoms with van der Waals surface area (Å²) in [6.07, 6.45) is 3.05. The summed E-state index contributed by atoms with van der Waals surface area (Å²) >= 11 is 0. The average Bonchev–Trinajstić information content (AvgIpc) is 3.09. The molecule has 3 aromatic rings. The first-order valence-electron chi connectivity index (χ1n) is 8.21. The van der Waals surface area contributed by atoms with Gasteiger partial charge in [-0.1, -0.05) is 35.9 Å². The molecule has 142 valence electrons. The molecule has 2 aromatic carbocycles. The average molecular weight is 369 g/mol. The van der Waals surface area contributed by atoms with Crippen LogP contribution in [0.5, 0.6) is 0 Å². The predicted octanol–water partition coefficient (Wildman–Crippen LogP) is 5.45. The van der Waals surface area contributed by atoms with Crippen LogP contribution >= 0.6 is 0 Å². The van der Waals surface area contributed by atoms with Gasteiger partial charge in [-0.05, 0) is 38.1 Å². The van der Waals surface area contributed by atoms with Crippen LogP contribution in [0.3, 0.4) is 0 Å². The van der Waals surface area contributed by atoms with Crippen LogP contribution in [-0.4, -0.2) is 18.1 Å². The molecular weight excluding hydrogens is 345 g/mol. The number of aryl methyl sites for hydroxylation is 1. The standard InChI is InChI=1S/C19H16FNO.C2H4O.CH2O.H2/c1-3-4-17-21-18(14-9-11-16(20)12-10-14)19(22-17)15-7-5-13(2)6-8-15;1-2-3;1-2;/h3,5-12H,1,4H2,2H3;2H,1H3;1H2;1H. The Morgan fingerprint density at radius 3 is 2.11 bits per heavy atom. The van der Waals surface area contributed by atoms with E-state index in [-0.39, 0.29) is 7.24 Å². The molecule has 0 fully saturated rings. The summed E-state index contributed by atoms with van der Waals surface area (Å²) in [5.41, 5.74) is 3.68. The number of hydrogen-bond donors (Lipinski definition) is 0. The summed E-state index contributed by atoms with van der Waals surface area (Å²) in [5, 5.41) is 0. The monoisotopic (exact) mass is 369 g/mol. The smallest absolute Gasteiger partial charge is 0.199 e. The van der Waals surface area contributed by atoms with E-state index in [0.717, 1.165) is 23.1 Å². The minimum absolute atomic E-state index is 0. The summed E-state index contributed by atoms with van der Waals surface area (Å²) in [6.45, 7) is 9.19. The molecule has 5 heteroatoms. The minimum atomic E-state index is -0.268. The number of carbonyl (C=O) groups is 2. The van der Waals surface area contributed by atoms with Crippen molar-refractivity contribution in [2.45, 2.75) is 20.3 Å². The number of oxazole rings is 1. The number of aromatic nitrogens is 1. The van der Waals surface area contributed by atoms with Crippen LogP contribution in [0.2, 0.25) is 0 Å². The predicted molar refractivity (Wildman–Crippen MR) is 107 cm³/mol. The third-order valence-electron chi connectivity index (χ3n) is 3.42. The summed E-state index contributed by atoms with van der Waals surface area (Å²) < 4.78 is 19.0. The molecule has 0 bridgehead atoms. The fourth-order valence-electron chi connectivity index (χ4n) is 2.28. The van der Waals surface area contributed by atoms with Crippen LogP contribution in [0.15, 0.2) is 65.6 Å². The molecule has 0 saturated carbocycles. The number of aldehydes is 1. The van der Waals surface area contributed by atoms with Crippen LogP contribution in [0, 0.1) is 12.7 Å². The van der Waals surface area contributed by atoms with E-state index in [1.54, 1.807) is 18.2 Å². The topological polar surface area (TPSA) is 60.2 Å². The van der Waals surface area contributed by atoms with Gasteiger partial charge in [0, 0.05) is 19.0 Å². The maximum atomic E-state index is 13.1. The van der Waals surface area contributed by atoms with E-state index >= 15 is 0 Å². The number of halogens is 1. The van der Waals surface area contributed by atoms with E-state index in [0.29, 0.717) is 18.1 Å². The molecule has 0 atom stereocenters. The zero-order chi connectivity index (χ0) is 20.2. The lowest BCUT2D eigenvalue weighted by Crippen LogP contribution is -1.84. The van der Waals surface area contributed by atoms with Gasteiger partial charge in [0.25, 0.3) is 0 Å². The van der Waals surface area contributed by atoms with Gasteiger partial charge >= 0.3 is 0 Å². The molecule has 27 heavy (non-hydrogen) atoms. The highest BCUT2D eigenvalue weighted by molar-refractivity contribution is 5.76. The molecule has 3 rings (SSSR count). The van der Waals surface area contributed by atoms with Crippen molar-refractivity contribution in [2.24, 2.45) is 0 Å². The van der Waals surface area contributed by atoms with Gasteiger partial charge in [-0.15, -0.1) is 6.58 Å². The molecule has 0 amide bonds. The lowest BCUT2D eigenvalue weighted by atomic mass is 10.0. The number of nitrogens with zero attached hydrogens (tertiary/aromatic N) is 1. The second-order valence-corrected chi connectivity index (χ2v) is 5.39. The third-order valence-corrected chi connectivity index (χ3v) is 3.42. The summed E-state index contributed by atoms with van der Waals surface area (Å²) in [4.78, 5) is 21.3. The zero-order valence-electron chi connectivity index (χ0n) is 15.4. The molecule has 0 saturated heterocycles. The summed E-state index contributed by atoms with van der Waals surface area (Å²) in [6, 6.07) is 14.3. The minimum Gasteiger partial charge on any atom is -0.440 e. The van der Waals surface area contributed by atoms with E-state index in [1.165, 1.54) is 24.6 Å². The highest BCUT2D eigenvalue weighted by Crippen LogP contribution is 2.33. The Hall–Kier alpha value is -3.34. The van der Waals surface area contributed by atoms with Gasteiger partial charge in [0.1, 0.15) is 24.6 Å². The molecule has 0 unspecified atom stereocenters. The van der Waals surface area contributed by atoms with Gasteiger partial charge in [-0.3, -0.25) is 0 Å². The van der Waals surface area contributed by atoms with Gasteiger partial charge in [0.05, 0.1) is 0 Å². The fraction of sp³-hybridized carbons (Fsp3) is 0.136. The van der Waals surface area contributed by atoms with E-state index in [9.17, 15) is 4.39 Å². The van der Waals surface area contributed by atoms with E-state index < -0.39 is 0 Å². The Bertz CT molecular complexity index is 795. The number of hydrogen-bond acceptors (Lipinski definition) is 4. The zero-order valence-corrected chi connectivity index (χ0v) is 15.4. The van der Waals surface area contributed by atoms with Crippen LogP contribution in [0.4, 0.5) is 4.39 Å². The molecule has 0 radical (unpaired) electrons. The molecule has 0 aliphatic rings. The normalized spacial score (nSPS) is 9.30. The lowest BCUT2D eigenvalue weighted by molar-refractivity contribution is -0.106. The van der Waals surface area contributed by atoms with Crippen molar-refractivity contribution >= 4 is 13.1 Å². The molecule has 1 heterocycles. The Labute approximate surface area is 159 Å². The third kappa shape index (κ3) is 6.15. The van der Waals surface area contributed by atoms with Crippen molar-refractivity contribution in [3.05, 3.63) is 78.5 Å². The van der Waals surface area contributed by atoms with Gasteiger partial charge < -0.3 is 14.0 Å². The highest BCUT2D eigenvalue weighted by atomic mass is 19.1. The molecular formula is C22H24FNO3. The Balaban J connectivity index is 0.00000111. The van der Waals surface area contributed by atoms with Gasteiger partial charge in [0.2, 0.25) is 0 Å². The van der Waals surface area contributed by atoms with Gasteiger partial charge in [-0.25, -0.2) is 9.37 Å². The first-order valence-corrected chi connectivity index (χ1v) is 8.21. The van der Waals surface area contributed by atoms with Gasteiger partial charge in [0.15, 0.2) is 11.7 Å². The van der Waals surface area contributed by atoms with Crippen LogP contribution in [-0.2, 0) is 16.0 Å². The maximum Gasteiger partial charge on any atom is 0.199 e. The molecule has 1 aromatic heterocycles. The molecule has 0 spiro atoms. The highest BCUT2D eigenvalue weighted by Gasteiger charge is 2.16. The second kappa shape index (κ2) is 11.3. The fourth-order valence-corrected chi connectivity index (χ4v) is 2.28. The largest absolute Gasteiger partial charge is 0.440 e. The lowest BCUT2D eigenvalue weighted by Gasteiger charge is -2.02. The van der Waals surface area contributed by atoms with E-state index in [2.05, 4.69) is 11.6 Å². The Kier molecular flexibility index (Phi) is 9.09. The van der Waals surface area contributed by atoms with Crippen LogP contribution in [0.25, 0.3) is 22.6 Å². The van der Waals surface area contributed by atoms with Gasteiger partial charge in [-0.2, -0.15) is 0 Å². The number of carbonyl (C=O) groups excluding carboxylic acids is 2. The van der Waals surface area contributed by atoms with Crippen molar-refractivity contribution in [2.75, 3.05) is 0 Å². The van der Waals surface area contributed by atoms with Crippen LogP contribution in [0.1, 0.15) is 19.8 Å². The Morgan fingerprint density at radius 1 is 1.07 bits per heavy atom. The number of benzene rings is 2. The quantitative estimate of drug-likeness (QED) is 0.453. The summed E-state index contributed by atoms with van der Waals surface area (Å²) in [7, 11) is 0. The van der Waals surface area contributed by atoms with Crippen molar-refractivity contribution in [1.29, 1.82) is 0 Å². The Morgan fingerprint density at radius 2 is 1.59 bits per heavy atom. The van der Waals surface area contributed by atoms with E-state index in [4.69, 9.17) is 14.0 Å².